The zero-order chi connectivity index (χ0) is 14.5. The first-order valence-electron chi connectivity index (χ1n) is 5.75. The quantitative estimate of drug-likeness (QED) is 0.288. The van der Waals surface area contributed by atoms with Crippen molar-refractivity contribution in [3.05, 3.63) is 63.6 Å². The lowest BCUT2D eigenvalue weighted by atomic mass is 10.2. The Morgan fingerprint density at radius 2 is 1.75 bits per heavy atom. The second kappa shape index (κ2) is 6.88. The van der Waals surface area contributed by atoms with Gasteiger partial charge in [-0.05, 0) is 35.9 Å². The largest absolute Gasteiger partial charge is 0.409 e. The Kier molecular flexibility index (Phi) is 5.17. The van der Waals surface area contributed by atoms with Crippen LogP contribution in [0.2, 0.25) is 10.0 Å². The molecule has 0 amide bonds. The van der Waals surface area contributed by atoms with Crippen molar-refractivity contribution in [2.24, 2.45) is 10.9 Å². The minimum absolute atomic E-state index is 0.0697. The third kappa shape index (κ3) is 3.82. The minimum atomic E-state index is 0.0697. The van der Waals surface area contributed by atoms with Gasteiger partial charge in [-0.25, -0.2) is 0 Å². The lowest BCUT2D eigenvalue weighted by molar-refractivity contribution is 0.318. The first kappa shape index (κ1) is 15.0. The molecule has 0 saturated heterocycles. The van der Waals surface area contributed by atoms with Crippen LogP contribution < -0.4 is 5.73 Å². The fourth-order valence-corrected chi connectivity index (χ4v) is 3.04. The molecule has 104 valence electrons. The molecule has 3 N–H and O–H groups in total. The van der Waals surface area contributed by atoms with Crippen LogP contribution in [0.15, 0.2) is 52.5 Å². The van der Waals surface area contributed by atoms with Crippen LogP contribution >= 0.6 is 35.0 Å². The number of halogens is 2. The maximum absolute atomic E-state index is 8.80. The van der Waals surface area contributed by atoms with Crippen molar-refractivity contribution < 1.29 is 5.21 Å². The first-order chi connectivity index (χ1) is 9.60. The number of nitrogens with zero attached hydrogens (tertiary/aromatic N) is 1. The third-order valence-corrected chi connectivity index (χ3v) is 4.25. The first-order valence-corrected chi connectivity index (χ1v) is 7.49. The SMILES string of the molecule is N/C(=N/O)c1ccc(Cl)cc1SCc1ccc(Cl)cc1. The normalized spacial score (nSPS) is 11.6. The van der Waals surface area contributed by atoms with E-state index in [1.165, 1.54) is 0 Å². The van der Waals surface area contributed by atoms with Gasteiger partial charge < -0.3 is 10.9 Å². The molecule has 0 radical (unpaired) electrons. The summed E-state index contributed by atoms with van der Waals surface area (Å²) in [5, 5.41) is 13.2. The summed E-state index contributed by atoms with van der Waals surface area (Å²) in [6, 6.07) is 12.9. The van der Waals surface area contributed by atoms with E-state index in [9.17, 15) is 0 Å². The number of rotatable bonds is 4. The molecule has 20 heavy (non-hydrogen) atoms. The summed E-state index contributed by atoms with van der Waals surface area (Å²) in [5.41, 5.74) is 7.45. The Morgan fingerprint density at radius 1 is 1.10 bits per heavy atom. The van der Waals surface area contributed by atoms with Crippen molar-refractivity contribution in [2.45, 2.75) is 10.6 Å². The lowest BCUT2D eigenvalue weighted by Gasteiger charge is -2.08. The molecule has 0 aliphatic carbocycles. The van der Waals surface area contributed by atoms with Gasteiger partial charge in [-0.2, -0.15) is 0 Å². The molecule has 2 rings (SSSR count). The average molecular weight is 327 g/mol. The van der Waals surface area contributed by atoms with Crippen molar-refractivity contribution in [1.29, 1.82) is 0 Å². The maximum Gasteiger partial charge on any atom is 0.171 e. The number of amidine groups is 1. The van der Waals surface area contributed by atoms with Crippen LogP contribution in [0.25, 0.3) is 0 Å². The van der Waals surface area contributed by atoms with Crippen molar-refractivity contribution in [1.82, 2.24) is 0 Å². The van der Waals surface area contributed by atoms with E-state index < -0.39 is 0 Å². The molecule has 0 saturated carbocycles. The standard InChI is InChI=1S/C14H12Cl2N2OS/c15-10-3-1-9(2-4-10)8-20-13-7-11(16)5-6-12(13)14(17)18-19/h1-7,19H,8H2,(H2,17,18). The second-order valence-electron chi connectivity index (χ2n) is 4.04. The molecule has 0 unspecified atom stereocenters. The van der Waals surface area contributed by atoms with Gasteiger partial charge in [-0.15, -0.1) is 11.8 Å². The Morgan fingerprint density at radius 3 is 2.40 bits per heavy atom. The Hall–Kier alpha value is -1.36. The van der Waals surface area contributed by atoms with Gasteiger partial charge in [0.2, 0.25) is 0 Å². The number of nitrogens with two attached hydrogens (primary N) is 1. The monoisotopic (exact) mass is 326 g/mol. The van der Waals surface area contributed by atoms with E-state index >= 15 is 0 Å². The van der Waals surface area contributed by atoms with Crippen LogP contribution in [-0.2, 0) is 5.75 Å². The van der Waals surface area contributed by atoms with Crippen molar-refractivity contribution in [2.75, 3.05) is 0 Å². The molecule has 0 aliphatic heterocycles. The van der Waals surface area contributed by atoms with Crippen LogP contribution in [0.5, 0.6) is 0 Å². The number of oxime groups is 1. The second-order valence-corrected chi connectivity index (χ2v) is 5.93. The van der Waals surface area contributed by atoms with E-state index in [2.05, 4.69) is 5.16 Å². The van der Waals surface area contributed by atoms with E-state index in [-0.39, 0.29) is 5.84 Å². The van der Waals surface area contributed by atoms with Gasteiger partial charge in [-0.1, -0.05) is 40.5 Å². The maximum atomic E-state index is 8.80. The fraction of sp³-hybridized carbons (Fsp3) is 0.0714. The van der Waals surface area contributed by atoms with Crippen LogP contribution in [0, 0.1) is 0 Å². The summed E-state index contributed by atoms with van der Waals surface area (Å²) in [4.78, 5) is 0.864. The zero-order valence-corrected chi connectivity index (χ0v) is 12.7. The summed E-state index contributed by atoms with van der Waals surface area (Å²) < 4.78 is 0. The van der Waals surface area contributed by atoms with E-state index in [0.717, 1.165) is 16.2 Å². The number of hydrogen-bond acceptors (Lipinski definition) is 3. The van der Waals surface area contributed by atoms with E-state index in [1.807, 2.05) is 24.3 Å². The molecular weight excluding hydrogens is 315 g/mol. The highest BCUT2D eigenvalue weighted by atomic mass is 35.5. The van der Waals surface area contributed by atoms with Gasteiger partial charge in [0.25, 0.3) is 0 Å². The highest BCUT2D eigenvalue weighted by Crippen LogP contribution is 2.29. The summed E-state index contributed by atoms with van der Waals surface area (Å²) in [5.74, 6) is 0.809. The lowest BCUT2D eigenvalue weighted by Crippen LogP contribution is -2.14. The highest BCUT2D eigenvalue weighted by molar-refractivity contribution is 7.98. The topological polar surface area (TPSA) is 58.6 Å². The third-order valence-electron chi connectivity index (χ3n) is 2.63. The molecule has 0 bridgehead atoms. The number of thioether (sulfide) groups is 1. The van der Waals surface area contributed by atoms with Gasteiger partial charge in [0.05, 0.1) is 0 Å². The van der Waals surface area contributed by atoms with Gasteiger partial charge in [0.15, 0.2) is 5.84 Å². The molecule has 0 atom stereocenters. The van der Waals surface area contributed by atoms with Crippen molar-refractivity contribution in [3.8, 4) is 0 Å². The van der Waals surface area contributed by atoms with Gasteiger partial charge in [-0.3, -0.25) is 0 Å². The Balaban J connectivity index is 2.20. The summed E-state index contributed by atoms with van der Waals surface area (Å²) in [7, 11) is 0. The van der Waals surface area contributed by atoms with Gasteiger partial charge >= 0.3 is 0 Å². The molecule has 6 heteroatoms. The fourth-order valence-electron chi connectivity index (χ4n) is 1.62. The average Bonchev–Trinajstić information content (AvgIpc) is 2.46. The highest BCUT2D eigenvalue weighted by Gasteiger charge is 2.09. The zero-order valence-electron chi connectivity index (χ0n) is 10.4. The predicted molar refractivity (Wildman–Crippen MR) is 85.0 cm³/mol. The smallest absolute Gasteiger partial charge is 0.171 e. The summed E-state index contributed by atoms with van der Waals surface area (Å²) in [6.45, 7) is 0. The van der Waals surface area contributed by atoms with Crippen molar-refractivity contribution >= 4 is 40.8 Å². The molecule has 0 fully saturated rings. The molecule has 0 heterocycles. The predicted octanol–water partition coefficient (Wildman–Crippen LogP) is 4.38. The van der Waals surface area contributed by atoms with E-state index in [1.54, 1.807) is 30.0 Å². The van der Waals surface area contributed by atoms with Crippen molar-refractivity contribution in [3.63, 3.8) is 0 Å². The Labute approximate surface area is 131 Å². The van der Waals surface area contributed by atoms with Gasteiger partial charge in [0.1, 0.15) is 0 Å². The minimum Gasteiger partial charge on any atom is -0.409 e. The Bertz CT molecular complexity index is 630. The number of benzene rings is 2. The molecular formula is C14H12Cl2N2OS. The molecule has 2 aromatic rings. The van der Waals surface area contributed by atoms with E-state index in [0.29, 0.717) is 15.6 Å². The molecule has 0 spiro atoms. The van der Waals surface area contributed by atoms with Gasteiger partial charge in [0, 0.05) is 26.3 Å². The summed E-state index contributed by atoms with van der Waals surface area (Å²) in [6.07, 6.45) is 0. The van der Waals surface area contributed by atoms with Crippen LogP contribution in [-0.4, -0.2) is 11.0 Å². The summed E-state index contributed by atoms with van der Waals surface area (Å²) >= 11 is 13.4. The van der Waals surface area contributed by atoms with Crippen LogP contribution in [0.3, 0.4) is 0 Å². The molecule has 2 aromatic carbocycles. The molecule has 0 aliphatic rings. The van der Waals surface area contributed by atoms with E-state index in [4.69, 9.17) is 34.1 Å². The molecule has 3 nitrogen and oxygen atoms in total. The van der Waals surface area contributed by atoms with Crippen LogP contribution in [0.4, 0.5) is 0 Å². The van der Waals surface area contributed by atoms with Crippen LogP contribution in [0.1, 0.15) is 11.1 Å². The molecule has 0 aromatic heterocycles. The number of hydrogen-bond donors (Lipinski definition) is 2.